The molecule has 1 aliphatic rings. The monoisotopic (exact) mass is 296 g/mol. The zero-order valence-corrected chi connectivity index (χ0v) is 11.9. The molecule has 0 bridgehead atoms. The molecule has 20 heavy (non-hydrogen) atoms. The van der Waals surface area contributed by atoms with Crippen LogP contribution in [0.25, 0.3) is 0 Å². The number of hydrogen-bond donors (Lipinski definition) is 2. The fourth-order valence-electron chi connectivity index (χ4n) is 1.98. The number of aromatic nitrogens is 1. The van der Waals surface area contributed by atoms with Gasteiger partial charge < -0.3 is 9.67 Å². The van der Waals surface area contributed by atoms with Gasteiger partial charge in [0.05, 0.1) is 0 Å². The van der Waals surface area contributed by atoms with Crippen molar-refractivity contribution in [2.75, 3.05) is 0 Å². The van der Waals surface area contributed by atoms with E-state index in [1.165, 1.54) is 16.8 Å². The van der Waals surface area contributed by atoms with Crippen LogP contribution in [-0.4, -0.2) is 30.1 Å². The Morgan fingerprint density at radius 3 is 2.80 bits per heavy atom. The number of sulfonamides is 1. The number of nitrogens with one attached hydrogen (secondary N) is 1. The molecule has 1 unspecified atom stereocenters. The number of terminal acetylenes is 1. The Kier molecular flexibility index (Phi) is 3.88. The lowest BCUT2D eigenvalue weighted by molar-refractivity contribution is 0.0685. The molecule has 1 saturated carbocycles. The topological polar surface area (TPSA) is 88.4 Å². The second kappa shape index (κ2) is 5.31. The normalized spacial score (nSPS) is 16.6. The molecular weight excluding hydrogens is 280 g/mol. The van der Waals surface area contributed by atoms with Gasteiger partial charge in [0.25, 0.3) is 0 Å². The SMILES string of the molecule is C#CCC(C)NS(=O)(=O)c1cc(C(=O)O)n(C2CC2)c1. The molecule has 1 aromatic heterocycles. The highest BCUT2D eigenvalue weighted by Gasteiger charge is 2.30. The minimum Gasteiger partial charge on any atom is -0.477 e. The average Bonchev–Trinajstić information content (AvgIpc) is 3.06. The van der Waals surface area contributed by atoms with Crippen LogP contribution in [0, 0.1) is 12.3 Å². The van der Waals surface area contributed by atoms with Crippen molar-refractivity contribution in [3.63, 3.8) is 0 Å². The first-order valence-corrected chi connectivity index (χ1v) is 7.74. The molecule has 1 heterocycles. The van der Waals surface area contributed by atoms with E-state index in [0.29, 0.717) is 0 Å². The van der Waals surface area contributed by atoms with Gasteiger partial charge in [-0.3, -0.25) is 0 Å². The molecule has 0 amide bonds. The summed E-state index contributed by atoms with van der Waals surface area (Å²) >= 11 is 0. The van der Waals surface area contributed by atoms with E-state index in [-0.39, 0.29) is 23.1 Å². The smallest absolute Gasteiger partial charge is 0.352 e. The molecule has 0 aliphatic heterocycles. The Bertz CT molecular complexity index is 665. The van der Waals surface area contributed by atoms with Crippen molar-refractivity contribution in [1.29, 1.82) is 0 Å². The fourth-order valence-corrected chi connectivity index (χ4v) is 3.25. The summed E-state index contributed by atoms with van der Waals surface area (Å²) in [6.07, 6.45) is 8.53. The molecule has 0 aromatic carbocycles. The van der Waals surface area contributed by atoms with Crippen molar-refractivity contribution in [3.8, 4) is 12.3 Å². The van der Waals surface area contributed by atoms with Crippen LogP contribution in [0.15, 0.2) is 17.2 Å². The van der Waals surface area contributed by atoms with Crippen molar-refractivity contribution < 1.29 is 18.3 Å². The molecule has 6 nitrogen and oxygen atoms in total. The molecule has 1 fully saturated rings. The fraction of sp³-hybridized carbons (Fsp3) is 0.462. The van der Waals surface area contributed by atoms with Crippen LogP contribution < -0.4 is 4.72 Å². The van der Waals surface area contributed by atoms with Gasteiger partial charge in [0.1, 0.15) is 10.6 Å². The van der Waals surface area contributed by atoms with E-state index in [1.54, 1.807) is 6.92 Å². The molecule has 0 radical (unpaired) electrons. The maximum absolute atomic E-state index is 12.2. The Labute approximate surface area is 117 Å². The van der Waals surface area contributed by atoms with Crippen LogP contribution in [-0.2, 0) is 10.0 Å². The molecule has 0 spiro atoms. The Morgan fingerprint density at radius 2 is 2.30 bits per heavy atom. The molecule has 1 atom stereocenters. The third-order valence-corrected chi connectivity index (χ3v) is 4.63. The molecule has 2 rings (SSSR count). The number of hydrogen-bond acceptors (Lipinski definition) is 3. The number of carboxylic acid groups (broad SMARTS) is 1. The van der Waals surface area contributed by atoms with Gasteiger partial charge in [0, 0.05) is 24.7 Å². The minimum atomic E-state index is -3.75. The first-order chi connectivity index (χ1) is 9.35. The van der Waals surface area contributed by atoms with Gasteiger partial charge in [-0.05, 0) is 25.8 Å². The van der Waals surface area contributed by atoms with Crippen LogP contribution in [0.4, 0.5) is 0 Å². The first-order valence-electron chi connectivity index (χ1n) is 6.26. The highest BCUT2D eigenvalue weighted by molar-refractivity contribution is 7.89. The van der Waals surface area contributed by atoms with E-state index < -0.39 is 22.0 Å². The van der Waals surface area contributed by atoms with Crippen LogP contribution in [0.5, 0.6) is 0 Å². The summed E-state index contributed by atoms with van der Waals surface area (Å²) in [5.74, 6) is 1.25. The summed E-state index contributed by atoms with van der Waals surface area (Å²) in [5.41, 5.74) is -0.00234. The largest absolute Gasteiger partial charge is 0.477 e. The first kappa shape index (κ1) is 14.6. The van der Waals surface area contributed by atoms with E-state index in [4.69, 9.17) is 11.5 Å². The summed E-state index contributed by atoms with van der Waals surface area (Å²) in [5, 5.41) is 9.12. The van der Waals surface area contributed by atoms with Crippen molar-refractivity contribution in [3.05, 3.63) is 18.0 Å². The number of aromatic carboxylic acids is 1. The Hall–Kier alpha value is -1.78. The van der Waals surface area contributed by atoms with Gasteiger partial charge >= 0.3 is 5.97 Å². The van der Waals surface area contributed by atoms with E-state index in [1.807, 2.05) is 0 Å². The zero-order chi connectivity index (χ0) is 14.9. The minimum absolute atomic E-state index is 0.00234. The van der Waals surface area contributed by atoms with E-state index in [9.17, 15) is 13.2 Å². The third kappa shape index (κ3) is 3.03. The Balaban J connectivity index is 2.30. The average molecular weight is 296 g/mol. The van der Waals surface area contributed by atoms with Gasteiger partial charge in [-0.1, -0.05) is 0 Å². The van der Waals surface area contributed by atoms with Crippen LogP contribution >= 0.6 is 0 Å². The predicted octanol–water partition coefficient (Wildman–Crippen LogP) is 1.21. The summed E-state index contributed by atoms with van der Waals surface area (Å²) in [6.45, 7) is 1.66. The molecule has 2 N–H and O–H groups in total. The quantitative estimate of drug-likeness (QED) is 0.772. The number of carbonyl (C=O) groups is 1. The maximum atomic E-state index is 12.2. The third-order valence-electron chi connectivity index (χ3n) is 3.07. The number of nitrogens with zero attached hydrogens (tertiary/aromatic N) is 1. The lowest BCUT2D eigenvalue weighted by Crippen LogP contribution is -2.32. The number of carboxylic acids is 1. The molecule has 0 saturated heterocycles. The second-order valence-corrected chi connectivity index (χ2v) is 6.65. The summed E-state index contributed by atoms with van der Waals surface area (Å²) < 4.78 is 28.3. The highest BCUT2D eigenvalue weighted by Crippen LogP contribution is 2.37. The zero-order valence-electron chi connectivity index (χ0n) is 11.0. The number of rotatable bonds is 6. The van der Waals surface area contributed by atoms with Gasteiger partial charge in [-0.25, -0.2) is 17.9 Å². The molecule has 1 aromatic rings. The van der Waals surface area contributed by atoms with Crippen LogP contribution in [0.1, 0.15) is 42.7 Å². The summed E-state index contributed by atoms with van der Waals surface area (Å²) in [7, 11) is -3.75. The van der Waals surface area contributed by atoms with Crippen LogP contribution in [0.2, 0.25) is 0 Å². The molecule has 7 heteroatoms. The predicted molar refractivity (Wildman–Crippen MR) is 72.9 cm³/mol. The molecular formula is C13H16N2O4S. The summed E-state index contributed by atoms with van der Waals surface area (Å²) in [4.78, 5) is 11.1. The van der Waals surface area contributed by atoms with Crippen LogP contribution in [0.3, 0.4) is 0 Å². The molecule has 1 aliphatic carbocycles. The lowest BCUT2D eigenvalue weighted by atomic mass is 10.3. The van der Waals surface area contributed by atoms with Crippen molar-refractivity contribution >= 4 is 16.0 Å². The highest BCUT2D eigenvalue weighted by atomic mass is 32.2. The lowest BCUT2D eigenvalue weighted by Gasteiger charge is -2.10. The van der Waals surface area contributed by atoms with Gasteiger partial charge in [-0.2, -0.15) is 0 Å². The van der Waals surface area contributed by atoms with E-state index in [0.717, 1.165) is 12.8 Å². The second-order valence-electron chi connectivity index (χ2n) is 4.94. The van der Waals surface area contributed by atoms with E-state index >= 15 is 0 Å². The maximum Gasteiger partial charge on any atom is 0.352 e. The standard InChI is InChI=1S/C13H16N2O4S/c1-3-4-9(2)14-20(18,19)11-7-12(13(16)17)15(8-11)10-5-6-10/h1,7-10,14H,4-6H2,2H3,(H,16,17). The Morgan fingerprint density at radius 1 is 1.65 bits per heavy atom. The summed E-state index contributed by atoms with van der Waals surface area (Å²) in [6, 6.07) is 0.877. The van der Waals surface area contributed by atoms with Gasteiger partial charge in [0.15, 0.2) is 0 Å². The molecule has 108 valence electrons. The van der Waals surface area contributed by atoms with Crippen molar-refractivity contribution in [2.45, 2.75) is 43.2 Å². The van der Waals surface area contributed by atoms with Crippen molar-refractivity contribution in [1.82, 2.24) is 9.29 Å². The van der Waals surface area contributed by atoms with Gasteiger partial charge in [-0.15, -0.1) is 12.3 Å². The van der Waals surface area contributed by atoms with Gasteiger partial charge in [0.2, 0.25) is 10.0 Å². The van der Waals surface area contributed by atoms with Crippen molar-refractivity contribution in [2.24, 2.45) is 0 Å². The van der Waals surface area contributed by atoms with E-state index in [2.05, 4.69) is 10.6 Å².